The molecule has 1 aliphatic carbocycles. The summed E-state index contributed by atoms with van der Waals surface area (Å²) >= 11 is 0. The fraction of sp³-hybridized carbons (Fsp3) is 0.625. The van der Waals surface area contributed by atoms with Gasteiger partial charge in [-0.2, -0.15) is 0 Å². The first-order valence-electron chi connectivity index (χ1n) is 7.45. The second kappa shape index (κ2) is 7.50. The van der Waals surface area contributed by atoms with Gasteiger partial charge in [0.1, 0.15) is 0 Å². The van der Waals surface area contributed by atoms with Crippen molar-refractivity contribution in [3.63, 3.8) is 0 Å². The normalized spacial score (nSPS) is 16.6. The van der Waals surface area contributed by atoms with Crippen LogP contribution in [0.4, 0.5) is 0 Å². The van der Waals surface area contributed by atoms with Crippen molar-refractivity contribution in [1.82, 2.24) is 4.90 Å². The van der Waals surface area contributed by atoms with Crippen molar-refractivity contribution in [2.45, 2.75) is 44.7 Å². The van der Waals surface area contributed by atoms with E-state index < -0.39 is 0 Å². The van der Waals surface area contributed by atoms with E-state index in [4.69, 9.17) is 4.74 Å². The van der Waals surface area contributed by atoms with Crippen LogP contribution < -0.4 is 4.74 Å². The Labute approximate surface area is 121 Å². The van der Waals surface area contributed by atoms with Crippen molar-refractivity contribution in [3.05, 3.63) is 23.8 Å². The second-order valence-electron chi connectivity index (χ2n) is 5.49. The number of aliphatic hydroxyl groups is 1. The van der Waals surface area contributed by atoms with Crippen LogP contribution in [0, 0.1) is 0 Å². The molecule has 0 bridgehead atoms. The van der Waals surface area contributed by atoms with Crippen LogP contribution in [-0.4, -0.2) is 41.4 Å². The third-order valence-corrected chi connectivity index (χ3v) is 4.11. The quantitative estimate of drug-likeness (QED) is 0.840. The van der Waals surface area contributed by atoms with Crippen molar-refractivity contribution in [1.29, 1.82) is 0 Å². The van der Waals surface area contributed by atoms with Gasteiger partial charge in [-0.25, -0.2) is 0 Å². The standard InChI is InChI=1S/C16H25NO3/c1-20-16-8-7-13(11-15(16)19)12-17(9-10-18)14-5-3-2-4-6-14/h7-8,11,14,18-19H,2-6,9-10,12H2,1H3. The van der Waals surface area contributed by atoms with Crippen LogP contribution in [-0.2, 0) is 6.54 Å². The van der Waals surface area contributed by atoms with E-state index in [1.165, 1.54) is 32.1 Å². The molecule has 0 radical (unpaired) electrons. The summed E-state index contributed by atoms with van der Waals surface area (Å²) in [4.78, 5) is 2.33. The number of aliphatic hydroxyl groups excluding tert-OH is 1. The number of methoxy groups -OCH3 is 1. The van der Waals surface area contributed by atoms with E-state index >= 15 is 0 Å². The molecule has 0 unspecified atom stereocenters. The van der Waals surface area contributed by atoms with Gasteiger partial charge in [0, 0.05) is 19.1 Å². The molecular formula is C16H25NO3. The molecule has 4 heteroatoms. The third-order valence-electron chi connectivity index (χ3n) is 4.11. The highest BCUT2D eigenvalue weighted by molar-refractivity contribution is 5.41. The van der Waals surface area contributed by atoms with Gasteiger partial charge in [-0.15, -0.1) is 0 Å². The Morgan fingerprint density at radius 1 is 1.25 bits per heavy atom. The number of phenolic OH excluding ortho intramolecular Hbond substituents is 1. The SMILES string of the molecule is COc1ccc(CN(CCO)C2CCCCC2)cc1O. The smallest absolute Gasteiger partial charge is 0.160 e. The molecule has 0 amide bonds. The highest BCUT2D eigenvalue weighted by Crippen LogP contribution is 2.28. The van der Waals surface area contributed by atoms with E-state index in [1.807, 2.05) is 6.07 Å². The zero-order valence-electron chi connectivity index (χ0n) is 12.2. The summed E-state index contributed by atoms with van der Waals surface area (Å²) in [5.74, 6) is 0.678. The molecule has 0 heterocycles. The Morgan fingerprint density at radius 2 is 2.00 bits per heavy atom. The highest BCUT2D eigenvalue weighted by Gasteiger charge is 2.21. The minimum Gasteiger partial charge on any atom is -0.504 e. The van der Waals surface area contributed by atoms with Crippen molar-refractivity contribution >= 4 is 0 Å². The summed E-state index contributed by atoms with van der Waals surface area (Å²) in [6.45, 7) is 1.64. The zero-order valence-corrected chi connectivity index (χ0v) is 12.2. The first-order valence-corrected chi connectivity index (χ1v) is 7.45. The Balaban J connectivity index is 2.04. The fourth-order valence-electron chi connectivity index (χ4n) is 3.03. The average molecular weight is 279 g/mol. The van der Waals surface area contributed by atoms with E-state index in [0.717, 1.165) is 12.1 Å². The number of benzene rings is 1. The van der Waals surface area contributed by atoms with Crippen LogP contribution in [0.25, 0.3) is 0 Å². The van der Waals surface area contributed by atoms with Crippen molar-refractivity contribution in [3.8, 4) is 11.5 Å². The zero-order chi connectivity index (χ0) is 14.4. The first kappa shape index (κ1) is 15.1. The molecule has 0 spiro atoms. The van der Waals surface area contributed by atoms with Crippen LogP contribution in [0.3, 0.4) is 0 Å². The molecule has 112 valence electrons. The van der Waals surface area contributed by atoms with Crippen LogP contribution >= 0.6 is 0 Å². The largest absolute Gasteiger partial charge is 0.504 e. The summed E-state index contributed by atoms with van der Waals surface area (Å²) in [5.41, 5.74) is 1.06. The maximum absolute atomic E-state index is 9.85. The Hall–Kier alpha value is -1.26. The molecular weight excluding hydrogens is 254 g/mol. The highest BCUT2D eigenvalue weighted by atomic mass is 16.5. The Morgan fingerprint density at radius 3 is 2.60 bits per heavy atom. The Bertz CT molecular complexity index is 416. The van der Waals surface area contributed by atoms with Crippen LogP contribution in [0.2, 0.25) is 0 Å². The molecule has 0 saturated heterocycles. The van der Waals surface area contributed by atoms with Gasteiger partial charge in [-0.1, -0.05) is 25.3 Å². The molecule has 1 aromatic rings. The lowest BCUT2D eigenvalue weighted by Crippen LogP contribution is -2.38. The molecule has 1 saturated carbocycles. The molecule has 2 N–H and O–H groups in total. The van der Waals surface area contributed by atoms with E-state index in [-0.39, 0.29) is 12.4 Å². The van der Waals surface area contributed by atoms with E-state index in [1.54, 1.807) is 19.2 Å². The molecule has 1 fully saturated rings. The number of hydrogen-bond donors (Lipinski definition) is 2. The molecule has 0 aliphatic heterocycles. The topological polar surface area (TPSA) is 52.9 Å². The van der Waals surface area contributed by atoms with Gasteiger partial charge in [0.15, 0.2) is 11.5 Å². The summed E-state index contributed by atoms with van der Waals surface area (Å²) in [6, 6.07) is 6.08. The molecule has 20 heavy (non-hydrogen) atoms. The van der Waals surface area contributed by atoms with Gasteiger partial charge in [-0.05, 0) is 30.5 Å². The maximum Gasteiger partial charge on any atom is 0.160 e. The lowest BCUT2D eigenvalue weighted by molar-refractivity contribution is 0.117. The van der Waals surface area contributed by atoms with Crippen molar-refractivity contribution in [2.75, 3.05) is 20.3 Å². The molecule has 1 aliphatic rings. The minimum atomic E-state index is 0.178. The fourth-order valence-corrected chi connectivity index (χ4v) is 3.03. The van der Waals surface area contributed by atoms with E-state index in [0.29, 0.717) is 18.3 Å². The average Bonchev–Trinajstić information content (AvgIpc) is 2.48. The molecule has 2 rings (SSSR count). The first-order chi connectivity index (χ1) is 9.74. The van der Waals surface area contributed by atoms with Gasteiger partial charge in [0.25, 0.3) is 0 Å². The second-order valence-corrected chi connectivity index (χ2v) is 5.49. The minimum absolute atomic E-state index is 0.178. The molecule has 4 nitrogen and oxygen atoms in total. The van der Waals surface area contributed by atoms with Crippen molar-refractivity contribution < 1.29 is 14.9 Å². The van der Waals surface area contributed by atoms with Gasteiger partial charge < -0.3 is 14.9 Å². The Kier molecular flexibility index (Phi) is 5.68. The maximum atomic E-state index is 9.85. The number of hydrogen-bond acceptors (Lipinski definition) is 4. The van der Waals surface area contributed by atoms with Crippen LogP contribution in [0.15, 0.2) is 18.2 Å². The van der Waals surface area contributed by atoms with E-state index in [9.17, 15) is 10.2 Å². The monoisotopic (exact) mass is 279 g/mol. The molecule has 1 aromatic carbocycles. The summed E-state index contributed by atoms with van der Waals surface area (Å²) in [6.07, 6.45) is 6.30. The van der Waals surface area contributed by atoms with E-state index in [2.05, 4.69) is 4.90 Å². The molecule has 0 aromatic heterocycles. The number of rotatable bonds is 6. The van der Waals surface area contributed by atoms with Gasteiger partial charge in [-0.3, -0.25) is 4.90 Å². The number of ether oxygens (including phenoxy) is 1. The third kappa shape index (κ3) is 3.87. The predicted octanol–water partition coefficient (Wildman–Crippen LogP) is 2.53. The number of nitrogens with zero attached hydrogens (tertiary/aromatic N) is 1. The summed E-state index contributed by atoms with van der Waals surface area (Å²) < 4.78 is 5.07. The van der Waals surface area contributed by atoms with Crippen LogP contribution in [0.5, 0.6) is 11.5 Å². The van der Waals surface area contributed by atoms with Crippen LogP contribution in [0.1, 0.15) is 37.7 Å². The lowest BCUT2D eigenvalue weighted by atomic mass is 9.94. The lowest BCUT2D eigenvalue weighted by Gasteiger charge is -2.34. The number of aromatic hydroxyl groups is 1. The van der Waals surface area contributed by atoms with Crippen molar-refractivity contribution in [2.24, 2.45) is 0 Å². The summed E-state index contributed by atoms with van der Waals surface area (Å²) in [7, 11) is 1.55. The predicted molar refractivity (Wildman–Crippen MR) is 79.0 cm³/mol. The molecule has 0 atom stereocenters. The summed E-state index contributed by atoms with van der Waals surface area (Å²) in [5, 5.41) is 19.1. The van der Waals surface area contributed by atoms with Gasteiger partial charge in [0.2, 0.25) is 0 Å². The van der Waals surface area contributed by atoms with Gasteiger partial charge >= 0.3 is 0 Å². The van der Waals surface area contributed by atoms with Gasteiger partial charge in [0.05, 0.1) is 13.7 Å². The number of phenols is 1.